The van der Waals surface area contributed by atoms with Crippen LogP contribution in [0.4, 0.5) is 10.5 Å². The minimum Gasteiger partial charge on any atom is -0.356 e. The highest BCUT2D eigenvalue weighted by Gasteiger charge is 2.35. The maximum Gasteiger partial charge on any atom is 0.322 e. The first-order chi connectivity index (χ1) is 12.1. The van der Waals surface area contributed by atoms with Gasteiger partial charge >= 0.3 is 6.03 Å². The van der Waals surface area contributed by atoms with E-state index >= 15 is 0 Å². The Hall–Kier alpha value is -2.75. The SMILES string of the molecule is CC(C)[C@@H]1c2[nH]c3ccccc3c2CCN1C(=O)Nc1ccccc1. The Labute approximate surface area is 147 Å². The average molecular weight is 333 g/mol. The fourth-order valence-corrected chi connectivity index (χ4v) is 3.91. The van der Waals surface area contributed by atoms with Gasteiger partial charge in [0.1, 0.15) is 0 Å². The third-order valence-electron chi connectivity index (χ3n) is 5.00. The van der Waals surface area contributed by atoms with Gasteiger partial charge in [0.2, 0.25) is 0 Å². The molecular formula is C21H23N3O. The standard InChI is InChI=1S/C21H23N3O/c1-14(2)20-19-17(16-10-6-7-11-18(16)23-19)12-13-24(20)21(25)22-15-8-4-3-5-9-15/h3-11,14,20,23H,12-13H2,1-2H3,(H,22,25)/t20-/m1/s1. The highest BCUT2D eigenvalue weighted by Crippen LogP contribution is 2.38. The summed E-state index contributed by atoms with van der Waals surface area (Å²) in [5.41, 5.74) is 4.53. The molecule has 3 aromatic rings. The highest BCUT2D eigenvalue weighted by molar-refractivity contribution is 5.91. The van der Waals surface area contributed by atoms with Crippen molar-refractivity contribution >= 4 is 22.6 Å². The molecule has 4 nitrogen and oxygen atoms in total. The molecule has 0 unspecified atom stereocenters. The van der Waals surface area contributed by atoms with Crippen molar-refractivity contribution in [3.8, 4) is 0 Å². The Morgan fingerprint density at radius 1 is 1.12 bits per heavy atom. The Balaban J connectivity index is 1.69. The van der Waals surface area contributed by atoms with Gasteiger partial charge in [-0.3, -0.25) is 0 Å². The van der Waals surface area contributed by atoms with Crippen molar-refractivity contribution in [2.24, 2.45) is 5.92 Å². The first-order valence-electron chi connectivity index (χ1n) is 8.87. The second kappa shape index (κ2) is 6.28. The number of aromatic nitrogens is 1. The van der Waals surface area contributed by atoms with E-state index in [0.29, 0.717) is 5.92 Å². The van der Waals surface area contributed by atoms with Gasteiger partial charge in [-0.15, -0.1) is 0 Å². The number of nitrogens with zero attached hydrogens (tertiary/aromatic N) is 1. The van der Waals surface area contributed by atoms with E-state index in [9.17, 15) is 4.79 Å². The zero-order chi connectivity index (χ0) is 17.4. The number of aromatic amines is 1. The van der Waals surface area contributed by atoms with Gasteiger partial charge in [0.25, 0.3) is 0 Å². The van der Waals surface area contributed by atoms with Gasteiger partial charge in [-0.1, -0.05) is 50.2 Å². The van der Waals surface area contributed by atoms with Crippen LogP contribution in [0.2, 0.25) is 0 Å². The van der Waals surface area contributed by atoms with Gasteiger partial charge in [-0.25, -0.2) is 4.79 Å². The monoisotopic (exact) mass is 333 g/mol. The molecule has 1 atom stereocenters. The Bertz CT molecular complexity index is 898. The van der Waals surface area contributed by atoms with Crippen LogP contribution in [-0.4, -0.2) is 22.5 Å². The summed E-state index contributed by atoms with van der Waals surface area (Å²) in [7, 11) is 0. The molecule has 0 fully saturated rings. The van der Waals surface area contributed by atoms with Crippen LogP contribution in [0.5, 0.6) is 0 Å². The summed E-state index contributed by atoms with van der Waals surface area (Å²) in [5, 5.41) is 4.32. The van der Waals surface area contributed by atoms with E-state index in [-0.39, 0.29) is 12.1 Å². The van der Waals surface area contributed by atoms with Crippen LogP contribution >= 0.6 is 0 Å². The molecule has 0 bridgehead atoms. The van der Waals surface area contributed by atoms with Crippen LogP contribution in [0, 0.1) is 5.92 Å². The summed E-state index contributed by atoms with van der Waals surface area (Å²) < 4.78 is 0. The first-order valence-corrected chi connectivity index (χ1v) is 8.87. The van der Waals surface area contributed by atoms with Crippen molar-refractivity contribution < 1.29 is 4.79 Å². The largest absolute Gasteiger partial charge is 0.356 e. The molecule has 1 aromatic heterocycles. The number of amides is 2. The maximum absolute atomic E-state index is 12.9. The molecule has 25 heavy (non-hydrogen) atoms. The predicted octanol–water partition coefficient (Wildman–Crippen LogP) is 4.96. The lowest BCUT2D eigenvalue weighted by Gasteiger charge is -2.38. The number of hydrogen-bond donors (Lipinski definition) is 2. The lowest BCUT2D eigenvalue weighted by Crippen LogP contribution is -2.44. The molecule has 0 aliphatic carbocycles. The number of carbonyl (C=O) groups is 1. The summed E-state index contributed by atoms with van der Waals surface area (Å²) in [6, 6.07) is 18.1. The number of nitrogens with one attached hydrogen (secondary N) is 2. The zero-order valence-corrected chi connectivity index (χ0v) is 14.6. The Morgan fingerprint density at radius 3 is 2.60 bits per heavy atom. The molecule has 0 saturated carbocycles. The number of carbonyl (C=O) groups excluding carboxylic acids is 1. The van der Waals surface area contributed by atoms with Crippen molar-refractivity contribution in [1.82, 2.24) is 9.88 Å². The average Bonchev–Trinajstić information content (AvgIpc) is 3.00. The third-order valence-corrected chi connectivity index (χ3v) is 5.00. The quantitative estimate of drug-likeness (QED) is 0.684. The van der Waals surface area contributed by atoms with Crippen LogP contribution in [0.1, 0.15) is 31.1 Å². The van der Waals surface area contributed by atoms with E-state index in [0.717, 1.165) is 24.2 Å². The predicted molar refractivity (Wildman–Crippen MR) is 102 cm³/mol. The van der Waals surface area contributed by atoms with Crippen molar-refractivity contribution in [2.75, 3.05) is 11.9 Å². The molecule has 0 spiro atoms. The molecule has 2 N–H and O–H groups in total. The van der Waals surface area contributed by atoms with Crippen LogP contribution < -0.4 is 5.32 Å². The number of H-pyrrole nitrogens is 1. The van der Waals surface area contributed by atoms with E-state index in [1.807, 2.05) is 35.2 Å². The van der Waals surface area contributed by atoms with Crippen molar-refractivity contribution in [2.45, 2.75) is 26.3 Å². The number of fused-ring (bicyclic) bond motifs is 3. The summed E-state index contributed by atoms with van der Waals surface area (Å²) in [6.45, 7) is 5.08. The van der Waals surface area contributed by atoms with E-state index in [4.69, 9.17) is 0 Å². The second-order valence-electron chi connectivity index (χ2n) is 6.99. The van der Waals surface area contributed by atoms with E-state index < -0.39 is 0 Å². The summed E-state index contributed by atoms with van der Waals surface area (Å²) in [5.74, 6) is 0.327. The highest BCUT2D eigenvalue weighted by atomic mass is 16.2. The minimum absolute atomic E-state index is 0.0331. The molecular weight excluding hydrogens is 310 g/mol. The van der Waals surface area contributed by atoms with E-state index in [1.54, 1.807) is 0 Å². The van der Waals surface area contributed by atoms with Gasteiger partial charge in [0.15, 0.2) is 0 Å². The topological polar surface area (TPSA) is 48.1 Å². The van der Waals surface area contributed by atoms with Crippen molar-refractivity contribution in [1.29, 1.82) is 0 Å². The first kappa shape index (κ1) is 15.8. The number of benzene rings is 2. The number of urea groups is 1. The molecule has 1 aliphatic rings. The zero-order valence-electron chi connectivity index (χ0n) is 14.6. The molecule has 4 rings (SSSR count). The second-order valence-corrected chi connectivity index (χ2v) is 6.99. The summed E-state index contributed by atoms with van der Waals surface area (Å²) in [4.78, 5) is 18.5. The van der Waals surface area contributed by atoms with Crippen molar-refractivity contribution in [3.63, 3.8) is 0 Å². The fourth-order valence-electron chi connectivity index (χ4n) is 3.91. The normalized spacial score (nSPS) is 16.9. The molecule has 2 heterocycles. The molecule has 128 valence electrons. The summed E-state index contributed by atoms with van der Waals surface area (Å²) >= 11 is 0. The van der Waals surface area contributed by atoms with Gasteiger partial charge < -0.3 is 15.2 Å². The van der Waals surface area contributed by atoms with Gasteiger partial charge in [-0.05, 0) is 36.1 Å². The molecule has 2 aromatic carbocycles. The lowest BCUT2D eigenvalue weighted by molar-refractivity contribution is 0.159. The van der Waals surface area contributed by atoms with Gasteiger partial charge in [-0.2, -0.15) is 0 Å². The van der Waals surface area contributed by atoms with Crippen LogP contribution in [0.3, 0.4) is 0 Å². The summed E-state index contributed by atoms with van der Waals surface area (Å²) in [6.07, 6.45) is 0.880. The lowest BCUT2D eigenvalue weighted by atomic mass is 9.90. The number of para-hydroxylation sites is 2. The number of rotatable bonds is 2. The molecule has 1 aliphatic heterocycles. The Kier molecular flexibility index (Phi) is 3.96. The Morgan fingerprint density at radius 2 is 1.84 bits per heavy atom. The van der Waals surface area contributed by atoms with E-state index in [2.05, 4.69) is 48.4 Å². The molecule has 0 saturated heterocycles. The van der Waals surface area contributed by atoms with Crippen LogP contribution in [0.15, 0.2) is 54.6 Å². The van der Waals surface area contributed by atoms with Crippen molar-refractivity contribution in [3.05, 3.63) is 65.9 Å². The minimum atomic E-state index is -0.0331. The fraction of sp³-hybridized carbons (Fsp3) is 0.286. The third kappa shape index (κ3) is 2.78. The number of hydrogen-bond acceptors (Lipinski definition) is 1. The van der Waals surface area contributed by atoms with Crippen LogP contribution in [0.25, 0.3) is 10.9 Å². The molecule has 4 heteroatoms. The van der Waals surface area contributed by atoms with Gasteiger partial charge in [0, 0.05) is 28.8 Å². The molecule has 2 amide bonds. The van der Waals surface area contributed by atoms with Crippen LogP contribution in [-0.2, 0) is 6.42 Å². The smallest absolute Gasteiger partial charge is 0.322 e. The number of anilines is 1. The van der Waals surface area contributed by atoms with Gasteiger partial charge in [0.05, 0.1) is 6.04 Å². The van der Waals surface area contributed by atoms with E-state index in [1.165, 1.54) is 16.6 Å². The maximum atomic E-state index is 12.9. The molecule has 0 radical (unpaired) electrons.